The molecule has 14 heavy (non-hydrogen) atoms. The highest BCUT2D eigenvalue weighted by Gasteiger charge is 2.03. The molecule has 0 radical (unpaired) electrons. The van der Waals surface area contributed by atoms with E-state index < -0.39 is 0 Å². The van der Waals surface area contributed by atoms with Crippen LogP contribution in [0.1, 0.15) is 17.3 Å². The average molecular weight is 211 g/mol. The Morgan fingerprint density at radius 1 is 1.43 bits per heavy atom. The Morgan fingerprint density at radius 3 is 2.64 bits per heavy atom. The van der Waals surface area contributed by atoms with E-state index in [9.17, 15) is 4.79 Å². The van der Waals surface area contributed by atoms with Crippen molar-refractivity contribution in [1.29, 1.82) is 0 Å². The van der Waals surface area contributed by atoms with Crippen LogP contribution in [0.4, 0.5) is 0 Å². The molecule has 0 atom stereocenters. The minimum atomic E-state index is -0.334. The minimum absolute atomic E-state index is 0.211. The van der Waals surface area contributed by atoms with Crippen LogP contribution in [0.15, 0.2) is 41.4 Å². The third-order valence-corrected chi connectivity index (χ3v) is 1.74. The second-order valence-electron chi connectivity index (χ2n) is 2.76. The summed E-state index contributed by atoms with van der Waals surface area (Å²) in [6.07, 6.45) is 1.64. The zero-order valence-corrected chi connectivity index (χ0v) is 8.62. The van der Waals surface area contributed by atoms with Crippen molar-refractivity contribution < 1.29 is 9.53 Å². The van der Waals surface area contributed by atoms with E-state index in [1.807, 2.05) is 6.07 Å². The van der Waals surface area contributed by atoms with Gasteiger partial charge in [-0.25, -0.2) is 4.79 Å². The molecule has 0 fully saturated rings. The predicted molar refractivity (Wildman–Crippen MR) is 56.3 cm³/mol. The largest absolute Gasteiger partial charge is 0.458 e. The van der Waals surface area contributed by atoms with Crippen LogP contribution < -0.4 is 0 Å². The maximum absolute atomic E-state index is 11.3. The van der Waals surface area contributed by atoms with Crippen molar-refractivity contribution in [2.45, 2.75) is 6.92 Å². The average Bonchev–Trinajstić information content (AvgIpc) is 2.18. The van der Waals surface area contributed by atoms with E-state index in [1.54, 1.807) is 37.3 Å². The number of hydrogen-bond acceptors (Lipinski definition) is 2. The Morgan fingerprint density at radius 2 is 2.07 bits per heavy atom. The Balaban J connectivity index is 2.48. The van der Waals surface area contributed by atoms with E-state index in [-0.39, 0.29) is 12.6 Å². The van der Waals surface area contributed by atoms with Crippen LogP contribution in [0.25, 0.3) is 0 Å². The van der Waals surface area contributed by atoms with Crippen molar-refractivity contribution in [2.75, 3.05) is 6.61 Å². The van der Waals surface area contributed by atoms with Crippen LogP contribution in [0.3, 0.4) is 0 Å². The topological polar surface area (TPSA) is 26.3 Å². The van der Waals surface area contributed by atoms with Crippen molar-refractivity contribution in [3.63, 3.8) is 0 Å². The van der Waals surface area contributed by atoms with E-state index in [4.69, 9.17) is 16.3 Å². The number of ether oxygens (including phenoxy) is 1. The van der Waals surface area contributed by atoms with Gasteiger partial charge in [-0.3, -0.25) is 0 Å². The molecule has 0 aliphatic heterocycles. The van der Waals surface area contributed by atoms with E-state index in [0.717, 1.165) is 0 Å². The lowest BCUT2D eigenvalue weighted by Crippen LogP contribution is -2.04. The summed E-state index contributed by atoms with van der Waals surface area (Å²) in [6.45, 7) is 1.95. The van der Waals surface area contributed by atoms with E-state index in [2.05, 4.69) is 0 Å². The number of carbonyl (C=O) groups is 1. The normalized spacial score (nSPS) is 11.1. The summed E-state index contributed by atoms with van der Waals surface area (Å²) in [7, 11) is 0. The second-order valence-corrected chi connectivity index (χ2v) is 3.35. The van der Waals surface area contributed by atoms with Gasteiger partial charge >= 0.3 is 5.97 Å². The monoisotopic (exact) mass is 210 g/mol. The standard InChI is InChI=1S/C11H11ClO2/c1-9(12)7-8-14-11(13)10-5-3-2-4-6-10/h2-7H,8H2,1H3/b9-7-. The van der Waals surface area contributed by atoms with Gasteiger partial charge < -0.3 is 4.74 Å². The first-order valence-electron chi connectivity index (χ1n) is 4.24. The van der Waals surface area contributed by atoms with Crippen LogP contribution >= 0.6 is 11.6 Å². The molecule has 0 aliphatic rings. The zero-order valence-electron chi connectivity index (χ0n) is 7.87. The van der Waals surface area contributed by atoms with Gasteiger partial charge in [-0.05, 0) is 25.1 Å². The number of halogens is 1. The van der Waals surface area contributed by atoms with Gasteiger partial charge in [0.15, 0.2) is 0 Å². The summed E-state index contributed by atoms with van der Waals surface area (Å²) in [5.74, 6) is -0.334. The third kappa shape index (κ3) is 3.62. The molecule has 74 valence electrons. The second kappa shape index (κ2) is 5.45. The van der Waals surface area contributed by atoms with Crippen molar-refractivity contribution in [2.24, 2.45) is 0 Å². The number of carbonyl (C=O) groups excluding carboxylic acids is 1. The Bertz CT molecular complexity index is 326. The molecule has 3 heteroatoms. The Kier molecular flexibility index (Phi) is 4.20. The summed E-state index contributed by atoms with van der Waals surface area (Å²) in [6, 6.07) is 8.84. The van der Waals surface area contributed by atoms with Crippen molar-refractivity contribution >= 4 is 17.6 Å². The van der Waals surface area contributed by atoms with E-state index in [0.29, 0.717) is 10.6 Å². The molecule has 0 spiro atoms. The van der Waals surface area contributed by atoms with Gasteiger partial charge in [-0.1, -0.05) is 29.8 Å². The Hall–Kier alpha value is -1.28. The number of esters is 1. The summed E-state index contributed by atoms with van der Waals surface area (Å²) < 4.78 is 4.94. The summed E-state index contributed by atoms with van der Waals surface area (Å²) in [4.78, 5) is 11.3. The molecule has 0 amide bonds. The van der Waals surface area contributed by atoms with Gasteiger partial charge in [-0.15, -0.1) is 0 Å². The zero-order chi connectivity index (χ0) is 10.4. The van der Waals surface area contributed by atoms with Gasteiger partial charge in [0.05, 0.1) is 5.56 Å². The molecule has 0 saturated heterocycles. The van der Waals surface area contributed by atoms with Crippen LogP contribution in [-0.4, -0.2) is 12.6 Å². The van der Waals surface area contributed by atoms with Crippen LogP contribution in [0.5, 0.6) is 0 Å². The summed E-state index contributed by atoms with van der Waals surface area (Å²) in [5, 5.41) is 0.617. The lowest BCUT2D eigenvalue weighted by molar-refractivity contribution is 0.0549. The van der Waals surface area contributed by atoms with E-state index >= 15 is 0 Å². The van der Waals surface area contributed by atoms with Crippen molar-refractivity contribution in [3.8, 4) is 0 Å². The predicted octanol–water partition coefficient (Wildman–Crippen LogP) is 2.99. The fourth-order valence-electron chi connectivity index (χ4n) is 0.890. The molecule has 1 aromatic rings. The minimum Gasteiger partial charge on any atom is -0.458 e. The lowest BCUT2D eigenvalue weighted by atomic mass is 10.2. The fraction of sp³-hybridized carbons (Fsp3) is 0.182. The lowest BCUT2D eigenvalue weighted by Gasteiger charge is -2.00. The van der Waals surface area contributed by atoms with Crippen molar-refractivity contribution in [3.05, 3.63) is 47.0 Å². The highest BCUT2D eigenvalue weighted by atomic mass is 35.5. The molecule has 0 saturated carbocycles. The summed E-state index contributed by atoms with van der Waals surface area (Å²) >= 11 is 5.58. The van der Waals surface area contributed by atoms with Gasteiger partial charge in [-0.2, -0.15) is 0 Å². The molecule has 1 rings (SSSR count). The van der Waals surface area contributed by atoms with Crippen LogP contribution in [-0.2, 0) is 4.74 Å². The number of rotatable bonds is 3. The van der Waals surface area contributed by atoms with Crippen molar-refractivity contribution in [1.82, 2.24) is 0 Å². The van der Waals surface area contributed by atoms with Gasteiger partial charge in [0, 0.05) is 5.03 Å². The molecule has 0 N–H and O–H groups in total. The van der Waals surface area contributed by atoms with Gasteiger partial charge in [0.2, 0.25) is 0 Å². The molecular formula is C11H11ClO2. The first kappa shape index (κ1) is 10.8. The fourth-order valence-corrected chi connectivity index (χ4v) is 0.953. The molecular weight excluding hydrogens is 200 g/mol. The quantitative estimate of drug-likeness (QED) is 0.717. The van der Waals surface area contributed by atoms with Crippen LogP contribution in [0, 0.1) is 0 Å². The number of benzene rings is 1. The summed E-state index contributed by atoms with van der Waals surface area (Å²) in [5.41, 5.74) is 0.549. The third-order valence-electron chi connectivity index (χ3n) is 1.59. The maximum Gasteiger partial charge on any atom is 0.338 e. The first-order valence-corrected chi connectivity index (χ1v) is 4.62. The van der Waals surface area contributed by atoms with Gasteiger partial charge in [0.1, 0.15) is 6.61 Å². The Labute approximate surface area is 88.1 Å². The van der Waals surface area contributed by atoms with E-state index in [1.165, 1.54) is 0 Å². The molecule has 0 heterocycles. The van der Waals surface area contributed by atoms with Gasteiger partial charge in [0.25, 0.3) is 0 Å². The molecule has 2 nitrogen and oxygen atoms in total. The number of allylic oxidation sites excluding steroid dienone is 1. The molecule has 0 aromatic heterocycles. The molecule has 0 unspecified atom stereocenters. The SMILES string of the molecule is C/C(Cl)=C/COC(=O)c1ccccc1. The highest BCUT2D eigenvalue weighted by Crippen LogP contribution is 2.02. The number of hydrogen-bond donors (Lipinski definition) is 0. The molecule has 0 bridgehead atoms. The van der Waals surface area contributed by atoms with Crippen LogP contribution in [0.2, 0.25) is 0 Å². The smallest absolute Gasteiger partial charge is 0.338 e. The highest BCUT2D eigenvalue weighted by molar-refractivity contribution is 6.29. The first-order chi connectivity index (χ1) is 6.70. The maximum atomic E-state index is 11.3. The molecule has 1 aromatic carbocycles. The molecule has 0 aliphatic carbocycles.